The van der Waals surface area contributed by atoms with Crippen LogP contribution in [0.25, 0.3) is 0 Å². The van der Waals surface area contributed by atoms with Crippen molar-refractivity contribution < 1.29 is 9.18 Å². The molecule has 0 aliphatic carbocycles. The predicted octanol–water partition coefficient (Wildman–Crippen LogP) is 2.73. The molecular weight excluding hydrogens is 345 g/mol. The van der Waals surface area contributed by atoms with Gasteiger partial charge in [-0.1, -0.05) is 0 Å². The first kappa shape index (κ1) is 17.8. The fourth-order valence-electron chi connectivity index (χ4n) is 4.31. The summed E-state index contributed by atoms with van der Waals surface area (Å²) in [6.07, 6.45) is 9.80. The highest BCUT2D eigenvalue weighted by Crippen LogP contribution is 2.40. The van der Waals surface area contributed by atoms with E-state index in [9.17, 15) is 9.18 Å². The van der Waals surface area contributed by atoms with E-state index in [1.54, 1.807) is 24.7 Å². The lowest BCUT2D eigenvalue weighted by Gasteiger charge is -2.48. The number of halogens is 1. The molecule has 2 saturated heterocycles. The molecule has 2 aromatic rings. The second-order valence-electron chi connectivity index (χ2n) is 7.75. The first-order valence-electron chi connectivity index (χ1n) is 9.44. The molecule has 2 fully saturated rings. The largest absolute Gasteiger partial charge is 0.368 e. The SMILES string of the molecule is Cc1cnc(CN2C[C@]3(CCCN(c4ccncc4F)C3)CCC2=O)cn1. The van der Waals surface area contributed by atoms with Crippen molar-refractivity contribution in [3.63, 3.8) is 0 Å². The predicted molar refractivity (Wildman–Crippen MR) is 99.5 cm³/mol. The highest BCUT2D eigenvalue weighted by atomic mass is 19.1. The number of anilines is 1. The molecule has 1 spiro atoms. The molecule has 0 unspecified atom stereocenters. The minimum Gasteiger partial charge on any atom is -0.368 e. The van der Waals surface area contributed by atoms with Crippen LogP contribution in [-0.2, 0) is 11.3 Å². The Morgan fingerprint density at radius 2 is 2.07 bits per heavy atom. The second kappa shape index (κ2) is 7.21. The van der Waals surface area contributed by atoms with E-state index in [1.807, 2.05) is 11.8 Å². The maximum Gasteiger partial charge on any atom is 0.222 e. The first-order valence-corrected chi connectivity index (χ1v) is 9.44. The Morgan fingerprint density at radius 3 is 2.85 bits per heavy atom. The van der Waals surface area contributed by atoms with E-state index >= 15 is 0 Å². The van der Waals surface area contributed by atoms with Crippen LogP contribution in [0, 0.1) is 18.2 Å². The van der Waals surface area contributed by atoms with Gasteiger partial charge < -0.3 is 9.80 Å². The van der Waals surface area contributed by atoms with Crippen LogP contribution in [-0.4, -0.2) is 45.4 Å². The molecule has 4 rings (SSSR count). The highest BCUT2D eigenvalue weighted by molar-refractivity contribution is 5.77. The summed E-state index contributed by atoms with van der Waals surface area (Å²) in [5.74, 6) is -0.122. The Bertz CT molecular complexity index is 827. The van der Waals surface area contributed by atoms with E-state index in [2.05, 4.69) is 19.9 Å². The minimum absolute atomic E-state index is 0.00000437. The van der Waals surface area contributed by atoms with Crippen LogP contribution in [0.15, 0.2) is 30.9 Å². The summed E-state index contributed by atoms with van der Waals surface area (Å²) in [4.78, 5) is 29.0. The van der Waals surface area contributed by atoms with Crippen LogP contribution in [0.5, 0.6) is 0 Å². The number of aromatic nitrogens is 3. The molecule has 1 atom stereocenters. The molecule has 2 aromatic heterocycles. The molecule has 2 aliphatic rings. The normalized spacial score (nSPS) is 23.1. The zero-order chi connectivity index (χ0) is 18.9. The summed E-state index contributed by atoms with van der Waals surface area (Å²) in [5.41, 5.74) is 2.28. The molecule has 0 aromatic carbocycles. The summed E-state index contributed by atoms with van der Waals surface area (Å²) in [6.45, 7) is 4.66. The van der Waals surface area contributed by atoms with Crippen molar-refractivity contribution in [2.45, 2.75) is 39.2 Å². The van der Waals surface area contributed by atoms with Crippen molar-refractivity contribution in [1.82, 2.24) is 19.9 Å². The standard InChI is InChI=1S/C20H24FN5O/c1-15-9-24-16(10-23-15)12-26-14-20(6-3-19(26)27)5-2-8-25(13-20)18-4-7-22-11-17(18)21/h4,7,9-11H,2-3,5-6,8,12-14H2,1H3/t20-/m1/s1. The molecule has 6 nitrogen and oxygen atoms in total. The molecule has 27 heavy (non-hydrogen) atoms. The van der Waals surface area contributed by atoms with Crippen molar-refractivity contribution in [2.75, 3.05) is 24.5 Å². The van der Waals surface area contributed by atoms with Gasteiger partial charge in [0.1, 0.15) is 0 Å². The van der Waals surface area contributed by atoms with Crippen LogP contribution in [0.3, 0.4) is 0 Å². The second-order valence-corrected chi connectivity index (χ2v) is 7.75. The van der Waals surface area contributed by atoms with Crippen molar-refractivity contribution in [2.24, 2.45) is 5.41 Å². The number of amides is 1. The fraction of sp³-hybridized carbons (Fsp3) is 0.500. The van der Waals surface area contributed by atoms with Gasteiger partial charge in [0.05, 0.1) is 36.0 Å². The molecule has 2 aliphatic heterocycles. The molecule has 142 valence electrons. The summed E-state index contributed by atoms with van der Waals surface area (Å²) in [7, 11) is 0. The third-order valence-corrected chi connectivity index (χ3v) is 5.69. The lowest BCUT2D eigenvalue weighted by atomic mass is 9.73. The number of rotatable bonds is 3. The van der Waals surface area contributed by atoms with Gasteiger partial charge in [-0.05, 0) is 32.3 Å². The maximum atomic E-state index is 14.2. The van der Waals surface area contributed by atoms with E-state index in [0.29, 0.717) is 25.2 Å². The molecule has 0 radical (unpaired) electrons. The van der Waals surface area contributed by atoms with Gasteiger partial charge in [-0.15, -0.1) is 0 Å². The van der Waals surface area contributed by atoms with Crippen LogP contribution < -0.4 is 4.90 Å². The zero-order valence-electron chi connectivity index (χ0n) is 15.6. The average Bonchev–Trinajstić information content (AvgIpc) is 2.67. The van der Waals surface area contributed by atoms with Gasteiger partial charge in [0.25, 0.3) is 0 Å². The van der Waals surface area contributed by atoms with E-state index in [0.717, 1.165) is 43.7 Å². The number of nitrogens with zero attached hydrogens (tertiary/aromatic N) is 5. The van der Waals surface area contributed by atoms with Crippen molar-refractivity contribution in [3.8, 4) is 0 Å². The Morgan fingerprint density at radius 1 is 1.19 bits per heavy atom. The van der Waals surface area contributed by atoms with Gasteiger partial charge in [-0.2, -0.15) is 0 Å². The maximum absolute atomic E-state index is 14.2. The Balaban J connectivity index is 1.51. The number of piperidine rings is 2. The van der Waals surface area contributed by atoms with Gasteiger partial charge in [0, 0.05) is 43.9 Å². The molecule has 0 bridgehead atoms. The highest BCUT2D eigenvalue weighted by Gasteiger charge is 2.42. The molecular formula is C20H24FN5O. The van der Waals surface area contributed by atoms with Gasteiger partial charge in [-0.3, -0.25) is 19.7 Å². The zero-order valence-corrected chi connectivity index (χ0v) is 15.6. The Labute approximate surface area is 158 Å². The fourth-order valence-corrected chi connectivity index (χ4v) is 4.31. The lowest BCUT2D eigenvalue weighted by Crippen LogP contribution is -2.54. The smallest absolute Gasteiger partial charge is 0.222 e. The number of carbonyl (C=O) groups is 1. The average molecular weight is 369 g/mol. The lowest BCUT2D eigenvalue weighted by molar-refractivity contribution is -0.138. The van der Waals surface area contributed by atoms with E-state index in [1.165, 1.54) is 6.20 Å². The number of carbonyl (C=O) groups excluding carboxylic acids is 1. The summed E-state index contributed by atoms with van der Waals surface area (Å²) >= 11 is 0. The molecule has 7 heteroatoms. The van der Waals surface area contributed by atoms with Crippen molar-refractivity contribution in [3.05, 3.63) is 48.1 Å². The Kier molecular flexibility index (Phi) is 4.76. The van der Waals surface area contributed by atoms with Crippen LogP contribution in [0.1, 0.15) is 37.1 Å². The molecule has 0 saturated carbocycles. The van der Waals surface area contributed by atoms with Crippen LogP contribution in [0.4, 0.5) is 10.1 Å². The number of aryl methyl sites for hydroxylation is 1. The number of pyridine rings is 1. The number of likely N-dealkylation sites (tertiary alicyclic amines) is 1. The monoisotopic (exact) mass is 369 g/mol. The third kappa shape index (κ3) is 3.77. The van der Waals surface area contributed by atoms with E-state index in [-0.39, 0.29) is 17.1 Å². The quantitative estimate of drug-likeness (QED) is 0.832. The minimum atomic E-state index is -0.284. The molecule has 1 amide bonds. The van der Waals surface area contributed by atoms with Crippen molar-refractivity contribution >= 4 is 11.6 Å². The van der Waals surface area contributed by atoms with E-state index < -0.39 is 0 Å². The van der Waals surface area contributed by atoms with Crippen molar-refractivity contribution in [1.29, 1.82) is 0 Å². The van der Waals surface area contributed by atoms with Gasteiger partial charge in [0.15, 0.2) is 5.82 Å². The van der Waals surface area contributed by atoms with Gasteiger partial charge >= 0.3 is 0 Å². The summed E-state index contributed by atoms with van der Waals surface area (Å²) in [6, 6.07) is 1.74. The first-order chi connectivity index (χ1) is 13.0. The molecule has 4 heterocycles. The summed E-state index contributed by atoms with van der Waals surface area (Å²) < 4.78 is 14.2. The van der Waals surface area contributed by atoms with Crippen LogP contribution in [0.2, 0.25) is 0 Å². The third-order valence-electron chi connectivity index (χ3n) is 5.69. The molecule has 0 N–H and O–H groups in total. The van der Waals surface area contributed by atoms with E-state index in [4.69, 9.17) is 0 Å². The Hall–Kier alpha value is -2.57. The van der Waals surface area contributed by atoms with Crippen LogP contribution >= 0.6 is 0 Å². The van der Waals surface area contributed by atoms with Gasteiger partial charge in [0.2, 0.25) is 5.91 Å². The van der Waals surface area contributed by atoms with Gasteiger partial charge in [-0.25, -0.2) is 4.39 Å². The topological polar surface area (TPSA) is 62.2 Å². The summed E-state index contributed by atoms with van der Waals surface area (Å²) in [5, 5.41) is 0. The number of hydrogen-bond acceptors (Lipinski definition) is 5. The number of hydrogen-bond donors (Lipinski definition) is 0.